The summed E-state index contributed by atoms with van der Waals surface area (Å²) >= 11 is 0. The van der Waals surface area contributed by atoms with E-state index in [0.29, 0.717) is 0 Å². The molecule has 1 heteroatoms. The van der Waals surface area contributed by atoms with Gasteiger partial charge in [-0.05, 0) is 48.6 Å². The summed E-state index contributed by atoms with van der Waals surface area (Å²) < 4.78 is 0. The number of benzene rings is 1. The van der Waals surface area contributed by atoms with Crippen LogP contribution < -0.4 is 0 Å². The van der Waals surface area contributed by atoms with Gasteiger partial charge in [-0.1, -0.05) is 36.9 Å². The number of allylic oxidation sites excluding steroid dienone is 1. The highest BCUT2D eigenvalue weighted by atomic mass is 28.3. The molecule has 0 saturated carbocycles. The van der Waals surface area contributed by atoms with Crippen molar-refractivity contribution in [2.24, 2.45) is 0 Å². The van der Waals surface area contributed by atoms with E-state index in [0.717, 1.165) is 5.54 Å². The van der Waals surface area contributed by atoms with E-state index in [1.807, 2.05) is 0 Å². The summed E-state index contributed by atoms with van der Waals surface area (Å²) in [5.41, 5.74) is 8.34. The number of hydrogen-bond acceptors (Lipinski definition) is 0. The van der Waals surface area contributed by atoms with Crippen LogP contribution in [0.1, 0.15) is 34.7 Å². The highest BCUT2D eigenvalue weighted by molar-refractivity contribution is 6.58. The van der Waals surface area contributed by atoms with Gasteiger partial charge in [-0.15, -0.1) is 0 Å². The Kier molecular flexibility index (Phi) is 2.59. The average molecular weight is 215 g/mol. The van der Waals surface area contributed by atoms with E-state index in [1.54, 1.807) is 11.1 Å². The third kappa shape index (κ3) is 1.59. The lowest BCUT2D eigenvalue weighted by molar-refractivity contribution is 1.07. The minimum atomic E-state index is -0.280. The van der Waals surface area contributed by atoms with Crippen molar-refractivity contribution in [3.8, 4) is 0 Å². The van der Waals surface area contributed by atoms with Crippen LogP contribution in [-0.4, -0.2) is 8.80 Å². The van der Waals surface area contributed by atoms with Gasteiger partial charge in [0.15, 0.2) is 0 Å². The second-order valence-electron chi connectivity index (χ2n) is 4.93. The van der Waals surface area contributed by atoms with Gasteiger partial charge in [0.1, 0.15) is 0 Å². The summed E-state index contributed by atoms with van der Waals surface area (Å²) in [5.74, 6) is 0. The van der Waals surface area contributed by atoms with E-state index in [-0.39, 0.29) is 8.80 Å². The van der Waals surface area contributed by atoms with Gasteiger partial charge in [0.2, 0.25) is 0 Å². The largest absolute Gasteiger partial charge is 0.0705 e. The van der Waals surface area contributed by atoms with Crippen molar-refractivity contribution in [1.29, 1.82) is 0 Å². The fraction of sp³-hybridized carbons (Fsp3) is 0.429. The van der Waals surface area contributed by atoms with Crippen molar-refractivity contribution in [3.63, 3.8) is 0 Å². The number of fused-ring (bicyclic) bond motifs is 1. The van der Waals surface area contributed by atoms with Crippen LogP contribution >= 0.6 is 0 Å². The molecule has 0 heterocycles. The molecule has 0 spiro atoms. The van der Waals surface area contributed by atoms with Gasteiger partial charge in [0.05, 0.1) is 8.80 Å². The lowest BCUT2D eigenvalue weighted by atomic mass is 9.99. The topological polar surface area (TPSA) is 0 Å². The first-order chi connectivity index (χ1) is 7.02. The molecule has 79 valence electrons. The Morgan fingerprint density at radius 3 is 2.20 bits per heavy atom. The van der Waals surface area contributed by atoms with E-state index >= 15 is 0 Å². The van der Waals surface area contributed by atoms with Crippen molar-refractivity contribution in [2.75, 3.05) is 0 Å². The van der Waals surface area contributed by atoms with Gasteiger partial charge in [-0.2, -0.15) is 0 Å². The smallest absolute Gasteiger partial charge is 0.0552 e. The van der Waals surface area contributed by atoms with Crippen LogP contribution in [0.2, 0.25) is 13.1 Å². The van der Waals surface area contributed by atoms with E-state index < -0.39 is 0 Å². The average Bonchev–Trinajstić information content (AvgIpc) is 2.50. The van der Waals surface area contributed by atoms with Gasteiger partial charge < -0.3 is 0 Å². The Bertz CT molecular complexity index is 427. The summed E-state index contributed by atoms with van der Waals surface area (Å²) in [6, 6.07) is 4.52. The van der Waals surface area contributed by atoms with Gasteiger partial charge in [-0.25, -0.2) is 0 Å². The van der Waals surface area contributed by atoms with E-state index in [1.165, 1.54) is 16.7 Å². The molecule has 0 N–H and O–H groups in total. The normalized spacial score (nSPS) is 19.3. The summed E-state index contributed by atoms with van der Waals surface area (Å²) in [5, 5.41) is 0. The first kappa shape index (κ1) is 10.7. The van der Waals surface area contributed by atoms with Gasteiger partial charge in [0, 0.05) is 0 Å². The molecule has 1 radical (unpaired) electrons. The zero-order valence-corrected chi connectivity index (χ0v) is 11.3. The molecule has 2 rings (SSSR count). The van der Waals surface area contributed by atoms with Crippen LogP contribution in [0.25, 0.3) is 6.08 Å². The van der Waals surface area contributed by atoms with Crippen LogP contribution in [0.15, 0.2) is 17.7 Å². The molecule has 1 aliphatic rings. The molecule has 15 heavy (non-hydrogen) atoms. The third-order valence-corrected chi connectivity index (χ3v) is 5.32. The first-order valence-corrected chi connectivity index (χ1v) is 8.18. The molecular formula is C14H19Si. The molecule has 0 aromatic heterocycles. The van der Waals surface area contributed by atoms with Crippen molar-refractivity contribution in [1.82, 2.24) is 0 Å². The molecule has 1 aromatic carbocycles. The zero-order valence-electron chi connectivity index (χ0n) is 10.3. The Hall–Kier alpha value is -0.823. The van der Waals surface area contributed by atoms with Crippen LogP contribution in [-0.2, 0) is 0 Å². The standard InChI is InChI=1S/C14H19Si/c1-9-6-7-10(2)13-12(9)8-11(3)14(13)15(4)5/h6-8,14H,1-5H3. The minimum absolute atomic E-state index is 0.280. The fourth-order valence-electron chi connectivity index (χ4n) is 2.71. The van der Waals surface area contributed by atoms with Crippen LogP contribution in [0.3, 0.4) is 0 Å². The van der Waals surface area contributed by atoms with Crippen molar-refractivity contribution >= 4 is 14.9 Å². The van der Waals surface area contributed by atoms with E-state index in [4.69, 9.17) is 0 Å². The predicted octanol–water partition coefficient (Wildman–Crippen LogP) is 4.10. The maximum absolute atomic E-state index is 2.42. The van der Waals surface area contributed by atoms with Crippen molar-refractivity contribution in [3.05, 3.63) is 40.0 Å². The summed E-state index contributed by atoms with van der Waals surface area (Å²) in [6.45, 7) is 11.6. The van der Waals surface area contributed by atoms with Gasteiger partial charge in [0.25, 0.3) is 0 Å². The molecule has 1 aliphatic carbocycles. The van der Waals surface area contributed by atoms with Gasteiger partial charge in [-0.3, -0.25) is 0 Å². The summed E-state index contributed by atoms with van der Waals surface area (Å²) in [7, 11) is -0.280. The van der Waals surface area contributed by atoms with E-state index in [2.05, 4.69) is 52.1 Å². The van der Waals surface area contributed by atoms with Gasteiger partial charge >= 0.3 is 0 Å². The minimum Gasteiger partial charge on any atom is -0.0705 e. The highest BCUT2D eigenvalue weighted by Gasteiger charge is 2.28. The van der Waals surface area contributed by atoms with Crippen LogP contribution in [0.5, 0.6) is 0 Å². The lowest BCUT2D eigenvalue weighted by Gasteiger charge is -2.20. The molecule has 1 aromatic rings. The Labute approximate surface area is 94.6 Å². The number of rotatable bonds is 1. The monoisotopic (exact) mass is 215 g/mol. The molecule has 1 unspecified atom stereocenters. The molecule has 0 fully saturated rings. The number of hydrogen-bond donors (Lipinski definition) is 0. The predicted molar refractivity (Wildman–Crippen MR) is 69.8 cm³/mol. The van der Waals surface area contributed by atoms with Crippen molar-refractivity contribution in [2.45, 2.75) is 39.4 Å². The zero-order chi connectivity index (χ0) is 11.2. The van der Waals surface area contributed by atoms with Crippen LogP contribution in [0, 0.1) is 13.8 Å². The second kappa shape index (κ2) is 3.64. The second-order valence-corrected chi connectivity index (χ2v) is 7.66. The Morgan fingerprint density at radius 2 is 1.60 bits per heavy atom. The quantitative estimate of drug-likeness (QED) is 0.619. The number of aryl methyl sites for hydroxylation is 2. The van der Waals surface area contributed by atoms with E-state index in [9.17, 15) is 0 Å². The highest BCUT2D eigenvalue weighted by Crippen LogP contribution is 2.40. The molecule has 0 nitrogen and oxygen atoms in total. The molecular weight excluding hydrogens is 196 g/mol. The lowest BCUT2D eigenvalue weighted by Crippen LogP contribution is -2.16. The molecule has 0 amide bonds. The Balaban J connectivity index is 2.64. The van der Waals surface area contributed by atoms with Crippen LogP contribution in [0.4, 0.5) is 0 Å². The molecule has 0 aliphatic heterocycles. The Morgan fingerprint density at radius 1 is 1.00 bits per heavy atom. The summed E-state index contributed by atoms with van der Waals surface area (Å²) in [6.07, 6.45) is 2.40. The maximum atomic E-state index is 2.42. The molecule has 1 atom stereocenters. The van der Waals surface area contributed by atoms with Crippen molar-refractivity contribution < 1.29 is 0 Å². The molecule has 0 saturated heterocycles. The maximum Gasteiger partial charge on any atom is 0.0552 e. The SMILES string of the molecule is CC1=Cc2c(C)ccc(C)c2C1[Si](C)C. The summed E-state index contributed by atoms with van der Waals surface area (Å²) in [4.78, 5) is 0. The fourth-order valence-corrected chi connectivity index (χ4v) is 4.67. The molecule has 0 bridgehead atoms. The first-order valence-electron chi connectivity index (χ1n) is 5.60. The third-order valence-electron chi connectivity index (χ3n) is 3.42.